The lowest BCUT2D eigenvalue weighted by Crippen LogP contribution is -2.29. The molecule has 1 aliphatic rings. The largest absolute Gasteiger partial charge is 0.467 e. The van der Waals surface area contributed by atoms with E-state index in [0.29, 0.717) is 16.9 Å². The van der Waals surface area contributed by atoms with Crippen LogP contribution in [0.2, 0.25) is 0 Å². The molecule has 0 spiro atoms. The van der Waals surface area contributed by atoms with E-state index in [9.17, 15) is 9.59 Å². The Morgan fingerprint density at radius 2 is 1.67 bits per heavy atom. The van der Waals surface area contributed by atoms with Crippen LogP contribution in [0, 0.1) is 0 Å². The summed E-state index contributed by atoms with van der Waals surface area (Å²) in [6.45, 7) is 0.0401. The second kappa shape index (κ2) is 4.12. The minimum absolute atomic E-state index is 0.0401. The highest BCUT2D eigenvalue weighted by molar-refractivity contribution is 6.20. The molecule has 5 heteroatoms. The number of benzene rings is 1. The van der Waals surface area contributed by atoms with E-state index in [4.69, 9.17) is 9.25 Å². The van der Waals surface area contributed by atoms with Crippen molar-refractivity contribution in [2.45, 2.75) is 6.61 Å². The smallest absolute Gasteiger partial charge is 0.285 e. The summed E-state index contributed by atoms with van der Waals surface area (Å²) < 4.78 is 5.07. The van der Waals surface area contributed by atoms with Gasteiger partial charge in [-0.05, 0) is 24.3 Å². The minimum Gasteiger partial charge on any atom is -0.467 e. The molecule has 5 nitrogen and oxygen atoms in total. The summed E-state index contributed by atoms with van der Waals surface area (Å²) in [5.74, 6) is -0.337. The molecule has 0 bridgehead atoms. The van der Waals surface area contributed by atoms with Crippen molar-refractivity contribution in [3.05, 3.63) is 59.5 Å². The zero-order valence-corrected chi connectivity index (χ0v) is 9.33. The van der Waals surface area contributed by atoms with Gasteiger partial charge in [-0.15, -0.1) is 5.06 Å². The van der Waals surface area contributed by atoms with Gasteiger partial charge in [0.25, 0.3) is 11.8 Å². The highest BCUT2D eigenvalue weighted by Gasteiger charge is 2.36. The Kier molecular flexibility index (Phi) is 2.46. The highest BCUT2D eigenvalue weighted by Crippen LogP contribution is 2.23. The van der Waals surface area contributed by atoms with Crippen LogP contribution in [0.25, 0.3) is 0 Å². The summed E-state index contributed by atoms with van der Waals surface area (Å²) >= 11 is 0. The third-order valence-corrected chi connectivity index (χ3v) is 2.67. The second-order valence-corrected chi connectivity index (χ2v) is 3.80. The van der Waals surface area contributed by atoms with Crippen molar-refractivity contribution >= 4 is 11.8 Å². The summed E-state index contributed by atoms with van der Waals surface area (Å²) in [6, 6.07) is 10.0. The van der Waals surface area contributed by atoms with Gasteiger partial charge < -0.3 is 4.42 Å². The van der Waals surface area contributed by atoms with Crippen molar-refractivity contribution in [3.8, 4) is 0 Å². The van der Waals surface area contributed by atoms with E-state index >= 15 is 0 Å². The first kappa shape index (κ1) is 10.7. The van der Waals surface area contributed by atoms with E-state index in [2.05, 4.69) is 0 Å². The topological polar surface area (TPSA) is 59.8 Å². The van der Waals surface area contributed by atoms with E-state index in [1.54, 1.807) is 36.4 Å². The molecule has 0 N–H and O–H groups in total. The molecular weight excluding hydrogens is 234 g/mol. The number of hydrogen-bond donors (Lipinski definition) is 0. The number of hydrogen-bond acceptors (Lipinski definition) is 4. The Bertz CT molecular complexity index is 568. The number of amides is 2. The van der Waals surface area contributed by atoms with Crippen molar-refractivity contribution in [2.75, 3.05) is 0 Å². The number of nitrogens with zero attached hydrogens (tertiary/aromatic N) is 1. The zero-order valence-electron chi connectivity index (χ0n) is 9.33. The monoisotopic (exact) mass is 243 g/mol. The number of rotatable bonds is 3. The Labute approximate surface area is 103 Å². The third-order valence-electron chi connectivity index (χ3n) is 2.67. The maximum atomic E-state index is 11.9. The SMILES string of the molecule is O=C1c2ccccc2C(=O)N1OCc1ccco1. The standard InChI is InChI=1S/C13H9NO4/c15-12-10-5-1-2-6-11(10)13(16)14(12)18-8-9-4-3-7-17-9/h1-7H,8H2. The molecule has 90 valence electrons. The first-order valence-corrected chi connectivity index (χ1v) is 5.40. The van der Waals surface area contributed by atoms with Gasteiger partial charge >= 0.3 is 0 Å². The first-order valence-electron chi connectivity index (χ1n) is 5.40. The molecule has 0 atom stereocenters. The van der Waals surface area contributed by atoms with Crippen LogP contribution in [0.1, 0.15) is 26.5 Å². The van der Waals surface area contributed by atoms with E-state index in [-0.39, 0.29) is 6.61 Å². The Balaban J connectivity index is 1.80. The fraction of sp³-hybridized carbons (Fsp3) is 0.0769. The van der Waals surface area contributed by atoms with Crippen LogP contribution < -0.4 is 0 Å². The van der Waals surface area contributed by atoms with Gasteiger partial charge in [0.15, 0.2) is 0 Å². The lowest BCUT2D eigenvalue weighted by molar-refractivity contribution is -0.105. The number of furan rings is 1. The van der Waals surface area contributed by atoms with Crippen LogP contribution in [-0.4, -0.2) is 16.9 Å². The van der Waals surface area contributed by atoms with Gasteiger partial charge in [-0.25, -0.2) is 0 Å². The van der Waals surface area contributed by atoms with Gasteiger partial charge in [-0.2, -0.15) is 0 Å². The van der Waals surface area contributed by atoms with Crippen molar-refractivity contribution in [2.24, 2.45) is 0 Å². The molecule has 2 amide bonds. The van der Waals surface area contributed by atoms with Gasteiger partial charge in [0, 0.05) is 0 Å². The fourth-order valence-electron chi connectivity index (χ4n) is 1.81. The van der Waals surface area contributed by atoms with Crippen LogP contribution in [0.15, 0.2) is 47.1 Å². The zero-order chi connectivity index (χ0) is 12.5. The number of carbonyl (C=O) groups excluding carboxylic acids is 2. The average Bonchev–Trinajstić information content (AvgIpc) is 2.98. The number of carbonyl (C=O) groups is 2. The molecule has 0 saturated heterocycles. The molecule has 3 rings (SSSR count). The van der Waals surface area contributed by atoms with E-state index in [0.717, 1.165) is 5.06 Å². The Morgan fingerprint density at radius 1 is 1.00 bits per heavy atom. The molecule has 1 aromatic carbocycles. The molecule has 18 heavy (non-hydrogen) atoms. The summed E-state index contributed by atoms with van der Waals surface area (Å²) in [5.41, 5.74) is 0.726. The predicted molar refractivity (Wildman–Crippen MR) is 60.4 cm³/mol. The van der Waals surface area contributed by atoms with Crippen molar-refractivity contribution in [3.63, 3.8) is 0 Å². The summed E-state index contributed by atoms with van der Waals surface area (Å²) in [4.78, 5) is 29.0. The van der Waals surface area contributed by atoms with Crippen molar-refractivity contribution in [1.82, 2.24) is 5.06 Å². The number of fused-ring (bicyclic) bond motifs is 1. The Morgan fingerprint density at radius 3 is 2.22 bits per heavy atom. The lowest BCUT2D eigenvalue weighted by atomic mass is 10.1. The van der Waals surface area contributed by atoms with Gasteiger partial charge in [-0.1, -0.05) is 12.1 Å². The molecule has 2 heterocycles. The van der Waals surface area contributed by atoms with Gasteiger partial charge in [-0.3, -0.25) is 14.4 Å². The van der Waals surface area contributed by atoms with Gasteiger partial charge in [0.1, 0.15) is 12.4 Å². The molecule has 0 unspecified atom stereocenters. The predicted octanol–water partition coefficient (Wildman–Crippen LogP) is 2.01. The molecule has 0 aliphatic carbocycles. The van der Waals surface area contributed by atoms with E-state index < -0.39 is 11.8 Å². The molecule has 0 radical (unpaired) electrons. The second-order valence-electron chi connectivity index (χ2n) is 3.80. The van der Waals surface area contributed by atoms with Crippen molar-refractivity contribution in [1.29, 1.82) is 0 Å². The lowest BCUT2D eigenvalue weighted by Gasteiger charge is -2.11. The molecule has 0 saturated carbocycles. The third kappa shape index (κ3) is 1.61. The van der Waals surface area contributed by atoms with Gasteiger partial charge in [0.05, 0.1) is 17.4 Å². The summed E-state index contributed by atoms with van der Waals surface area (Å²) in [7, 11) is 0. The highest BCUT2D eigenvalue weighted by atomic mass is 16.7. The maximum absolute atomic E-state index is 11.9. The fourth-order valence-corrected chi connectivity index (χ4v) is 1.81. The van der Waals surface area contributed by atoms with Crippen molar-refractivity contribution < 1.29 is 18.8 Å². The minimum atomic E-state index is -0.442. The van der Waals surface area contributed by atoms with Gasteiger partial charge in [0.2, 0.25) is 0 Å². The quantitative estimate of drug-likeness (QED) is 0.773. The van der Waals surface area contributed by atoms with Crippen LogP contribution in [0.5, 0.6) is 0 Å². The van der Waals surface area contributed by atoms with Crippen LogP contribution >= 0.6 is 0 Å². The molecule has 1 aliphatic heterocycles. The molecule has 1 aromatic heterocycles. The van der Waals surface area contributed by atoms with Crippen LogP contribution in [0.3, 0.4) is 0 Å². The van der Waals surface area contributed by atoms with Crippen LogP contribution in [0.4, 0.5) is 0 Å². The summed E-state index contributed by atoms with van der Waals surface area (Å²) in [5, 5.41) is 0.771. The van der Waals surface area contributed by atoms with Crippen LogP contribution in [-0.2, 0) is 11.4 Å². The normalized spacial score (nSPS) is 14.1. The molecule has 0 fully saturated rings. The molecule has 2 aromatic rings. The first-order chi connectivity index (χ1) is 8.77. The number of hydroxylamine groups is 2. The maximum Gasteiger partial charge on any atom is 0.285 e. The van der Waals surface area contributed by atoms with E-state index in [1.807, 2.05) is 0 Å². The molecular formula is C13H9NO4. The average molecular weight is 243 g/mol. The van der Waals surface area contributed by atoms with E-state index in [1.165, 1.54) is 6.26 Å². The number of imide groups is 1. The Hall–Kier alpha value is -2.40. The summed E-state index contributed by atoms with van der Waals surface area (Å²) in [6.07, 6.45) is 1.50.